The number of hydrogen-bond donors (Lipinski definition) is 3. The van der Waals surface area contributed by atoms with Crippen molar-refractivity contribution in [1.82, 2.24) is 10.2 Å². The van der Waals surface area contributed by atoms with Crippen LogP contribution in [0.1, 0.15) is 92.4 Å². The molecule has 3 atom stereocenters. The number of aliphatic carboxylic acids is 2. The number of carboxylic acid groups (broad SMARTS) is 2. The Kier molecular flexibility index (Phi) is 19.8. The van der Waals surface area contributed by atoms with Crippen molar-refractivity contribution in [3.05, 3.63) is 11.6 Å². The number of allylic oxidation sites excluding steroid dienone is 1. The van der Waals surface area contributed by atoms with Crippen LogP contribution < -0.4 is 5.32 Å². The second-order valence-electron chi connectivity index (χ2n) is 10.7. The number of thioether (sulfide) groups is 1. The maximum absolute atomic E-state index is 12.2. The summed E-state index contributed by atoms with van der Waals surface area (Å²) in [6.45, 7) is 10.3. The summed E-state index contributed by atoms with van der Waals surface area (Å²) in [5.41, 5.74) is 1.27. The van der Waals surface area contributed by atoms with Crippen LogP contribution in [0.3, 0.4) is 0 Å². The molecule has 0 aliphatic heterocycles. The van der Waals surface area contributed by atoms with Crippen molar-refractivity contribution in [2.45, 2.75) is 98.4 Å². The first kappa shape index (κ1) is 35.0. The first-order valence-electron chi connectivity index (χ1n) is 13.6. The minimum Gasteiger partial charge on any atom is -0.480 e. The largest absolute Gasteiger partial charge is 0.480 e. The van der Waals surface area contributed by atoms with E-state index in [0.29, 0.717) is 12.0 Å². The highest BCUT2D eigenvalue weighted by atomic mass is 32.2. The molecule has 0 aliphatic rings. The molecule has 0 saturated carbocycles. The molecule has 0 radical (unpaired) electrons. The van der Waals surface area contributed by atoms with Gasteiger partial charge in [-0.3, -0.25) is 4.79 Å². The number of hydrogen-bond acceptors (Lipinski definition) is 5. The van der Waals surface area contributed by atoms with E-state index in [9.17, 15) is 24.3 Å². The molecule has 0 bridgehead atoms. The van der Waals surface area contributed by atoms with Crippen LogP contribution in [-0.4, -0.2) is 70.0 Å². The van der Waals surface area contributed by atoms with Crippen LogP contribution in [0, 0.1) is 17.8 Å². The zero-order valence-corrected chi connectivity index (χ0v) is 24.4. The molecular weight excluding hydrogens is 492 g/mol. The van der Waals surface area contributed by atoms with Gasteiger partial charge >= 0.3 is 18.0 Å². The molecule has 8 nitrogen and oxygen atoms in total. The van der Waals surface area contributed by atoms with Crippen molar-refractivity contribution in [1.29, 1.82) is 0 Å². The molecule has 0 spiro atoms. The van der Waals surface area contributed by atoms with Gasteiger partial charge in [-0.1, -0.05) is 84.3 Å². The van der Waals surface area contributed by atoms with Crippen molar-refractivity contribution < 1.29 is 29.4 Å². The number of carbonyl (C=O) groups excluding carboxylic acids is 2. The van der Waals surface area contributed by atoms with E-state index >= 15 is 0 Å². The summed E-state index contributed by atoms with van der Waals surface area (Å²) in [5.74, 6) is 0.628. The molecule has 9 heteroatoms. The molecule has 37 heavy (non-hydrogen) atoms. The van der Waals surface area contributed by atoms with Gasteiger partial charge in [0.25, 0.3) is 0 Å². The number of amides is 2. The van der Waals surface area contributed by atoms with E-state index < -0.39 is 37.1 Å². The summed E-state index contributed by atoms with van der Waals surface area (Å²) in [6, 6.07) is -2.06. The lowest BCUT2D eigenvalue weighted by molar-refractivity contribution is -0.138. The molecule has 0 rings (SSSR count). The number of urea groups is 1. The lowest BCUT2D eigenvalue weighted by Gasteiger charge is -2.21. The van der Waals surface area contributed by atoms with E-state index in [1.165, 1.54) is 62.3 Å². The smallest absolute Gasteiger partial charge is 0.327 e. The van der Waals surface area contributed by atoms with Crippen LogP contribution in [0.2, 0.25) is 0 Å². The zero-order valence-electron chi connectivity index (χ0n) is 23.5. The van der Waals surface area contributed by atoms with E-state index in [0.717, 1.165) is 35.5 Å². The minimum atomic E-state index is -1.28. The molecular formula is C28H50N2O6S. The van der Waals surface area contributed by atoms with E-state index in [1.54, 1.807) is 0 Å². The second-order valence-corrected chi connectivity index (χ2v) is 11.8. The van der Waals surface area contributed by atoms with Crippen molar-refractivity contribution in [2.75, 3.05) is 24.6 Å². The third-order valence-corrected chi connectivity index (χ3v) is 7.45. The fourth-order valence-corrected chi connectivity index (χ4v) is 5.08. The van der Waals surface area contributed by atoms with Crippen LogP contribution in [0.5, 0.6) is 0 Å². The van der Waals surface area contributed by atoms with Gasteiger partial charge in [-0.15, -0.1) is 0 Å². The molecule has 0 aromatic heterocycles. The lowest BCUT2D eigenvalue weighted by Crippen LogP contribution is -2.50. The molecule has 0 aromatic carbocycles. The number of nitrogens with zero attached hydrogens (tertiary/aromatic N) is 1. The fraction of sp³-hybridized carbons (Fsp3) is 0.786. The summed E-state index contributed by atoms with van der Waals surface area (Å²) < 4.78 is 0. The average molecular weight is 543 g/mol. The Hall–Kier alpha value is -2.03. The molecule has 2 amide bonds. The van der Waals surface area contributed by atoms with E-state index in [4.69, 9.17) is 5.11 Å². The number of carboxylic acids is 2. The number of aldehydes is 1. The Morgan fingerprint density at radius 1 is 0.919 bits per heavy atom. The van der Waals surface area contributed by atoms with E-state index in [-0.39, 0.29) is 5.75 Å². The van der Waals surface area contributed by atoms with Gasteiger partial charge in [0.05, 0.1) is 6.54 Å². The van der Waals surface area contributed by atoms with E-state index in [1.807, 2.05) is 0 Å². The van der Waals surface area contributed by atoms with Gasteiger partial charge in [-0.25, -0.2) is 9.59 Å². The van der Waals surface area contributed by atoms with Gasteiger partial charge in [-0.05, 0) is 37.5 Å². The van der Waals surface area contributed by atoms with E-state index in [2.05, 4.69) is 46.0 Å². The summed E-state index contributed by atoms with van der Waals surface area (Å²) in [5, 5.41) is 20.6. The molecule has 0 aliphatic carbocycles. The van der Waals surface area contributed by atoms with Crippen molar-refractivity contribution >= 4 is 36.0 Å². The van der Waals surface area contributed by atoms with Crippen molar-refractivity contribution in [3.63, 3.8) is 0 Å². The summed E-state index contributed by atoms with van der Waals surface area (Å²) >= 11 is 1.38. The monoisotopic (exact) mass is 542 g/mol. The van der Waals surface area contributed by atoms with Gasteiger partial charge in [0.2, 0.25) is 0 Å². The highest BCUT2D eigenvalue weighted by Gasteiger charge is 2.24. The second kappa shape index (κ2) is 21.0. The van der Waals surface area contributed by atoms with Crippen LogP contribution in [0.4, 0.5) is 4.79 Å². The first-order chi connectivity index (χ1) is 17.5. The predicted octanol–water partition coefficient (Wildman–Crippen LogP) is 5.85. The number of nitrogens with one attached hydrogen (secondary N) is 1. The van der Waals surface area contributed by atoms with Gasteiger partial charge < -0.3 is 25.2 Å². The number of rotatable bonds is 22. The first-order valence-corrected chi connectivity index (χ1v) is 14.8. The highest BCUT2D eigenvalue weighted by molar-refractivity contribution is 7.99. The van der Waals surface area contributed by atoms with Crippen molar-refractivity contribution in [3.8, 4) is 0 Å². The van der Waals surface area contributed by atoms with Crippen LogP contribution in [-0.2, 0) is 14.4 Å². The Labute approximate surface area is 228 Å². The fourth-order valence-electron chi connectivity index (χ4n) is 4.08. The molecule has 214 valence electrons. The zero-order chi connectivity index (χ0) is 28.2. The maximum atomic E-state index is 12.2. The predicted molar refractivity (Wildman–Crippen MR) is 151 cm³/mol. The standard InChI is InChI=1S/C28H50N2O6S/c1-21(2)9-6-10-22(3)11-7-12-23(4)13-8-14-24(5)15-18-37-20-25(27(34)35)29-28(36)30(16-17-31)19-26(32)33/h15,17,21-23,25H,6-14,16,18-20H2,1-5H3,(H,29,36)(H,32,33)(H,34,35)/b24-15+. The Bertz CT molecular complexity index is 713. The Morgan fingerprint density at radius 2 is 1.49 bits per heavy atom. The quantitative estimate of drug-likeness (QED) is 0.0890. The average Bonchev–Trinajstić information content (AvgIpc) is 2.79. The van der Waals surface area contributed by atoms with Gasteiger partial charge in [0.1, 0.15) is 18.9 Å². The van der Waals surface area contributed by atoms with Gasteiger partial charge in [0.15, 0.2) is 0 Å². The maximum Gasteiger partial charge on any atom is 0.327 e. The Morgan fingerprint density at radius 3 is 2.00 bits per heavy atom. The summed E-state index contributed by atoms with van der Waals surface area (Å²) in [4.78, 5) is 46.0. The van der Waals surface area contributed by atoms with Crippen LogP contribution in [0.25, 0.3) is 0 Å². The SMILES string of the molecule is C/C(=C\CSCC(NC(=O)N(CC=O)CC(=O)O)C(=O)O)CCCC(C)CCCC(C)CCCC(C)C. The van der Waals surface area contributed by atoms with Crippen molar-refractivity contribution in [2.24, 2.45) is 17.8 Å². The molecule has 3 N–H and O–H groups in total. The summed E-state index contributed by atoms with van der Waals surface area (Å²) in [6.07, 6.45) is 13.8. The molecule has 0 saturated heterocycles. The van der Waals surface area contributed by atoms with Crippen LogP contribution in [0.15, 0.2) is 11.6 Å². The third kappa shape index (κ3) is 19.7. The number of carbonyl (C=O) groups is 4. The topological polar surface area (TPSA) is 124 Å². The molecule has 0 aromatic rings. The molecule has 0 fully saturated rings. The molecule has 3 unspecified atom stereocenters. The summed E-state index contributed by atoms with van der Waals surface area (Å²) in [7, 11) is 0. The minimum absolute atomic E-state index is 0.139. The third-order valence-electron chi connectivity index (χ3n) is 6.48. The van der Waals surface area contributed by atoms with Crippen LogP contribution >= 0.6 is 11.8 Å². The normalized spacial score (nSPS) is 14.2. The Balaban J connectivity index is 4.22. The van der Waals surface area contributed by atoms with Gasteiger partial charge in [-0.2, -0.15) is 11.8 Å². The molecule has 0 heterocycles. The van der Waals surface area contributed by atoms with Gasteiger partial charge in [0, 0.05) is 11.5 Å². The highest BCUT2D eigenvalue weighted by Crippen LogP contribution is 2.22. The lowest BCUT2D eigenvalue weighted by atomic mass is 9.91.